The third-order valence-corrected chi connectivity index (χ3v) is 4.62. The second-order valence-electron chi connectivity index (χ2n) is 5.02. The lowest BCUT2D eigenvalue weighted by Gasteiger charge is -2.03. The fourth-order valence-corrected chi connectivity index (χ4v) is 3.33. The molecule has 7 heteroatoms. The van der Waals surface area contributed by atoms with Gasteiger partial charge < -0.3 is 0 Å². The van der Waals surface area contributed by atoms with Crippen molar-refractivity contribution >= 4 is 38.3 Å². The number of thiazole rings is 1. The zero-order valence-corrected chi connectivity index (χ0v) is 14.6. The van der Waals surface area contributed by atoms with Gasteiger partial charge in [0.1, 0.15) is 11.6 Å². The van der Waals surface area contributed by atoms with Crippen LogP contribution >= 0.6 is 27.3 Å². The molecule has 1 N–H and O–H groups in total. The molecule has 122 valence electrons. The molecule has 1 heterocycles. The van der Waals surface area contributed by atoms with Crippen molar-refractivity contribution in [2.24, 2.45) is 0 Å². The van der Waals surface area contributed by atoms with Crippen LogP contribution in [0.2, 0.25) is 0 Å². The average Bonchev–Trinajstić information content (AvgIpc) is 2.96. The topological polar surface area (TPSA) is 42.0 Å². The molecule has 0 saturated heterocycles. The van der Waals surface area contributed by atoms with E-state index in [0.717, 1.165) is 10.4 Å². The fraction of sp³-hybridized carbons (Fsp3) is 0.0588. The lowest BCUT2D eigenvalue weighted by Crippen LogP contribution is -2.13. The van der Waals surface area contributed by atoms with Gasteiger partial charge in [0.2, 0.25) is 0 Å². The minimum absolute atomic E-state index is 0.0637. The number of nitrogens with one attached hydrogen (secondary N) is 1. The van der Waals surface area contributed by atoms with E-state index in [2.05, 4.69) is 26.2 Å². The quantitative estimate of drug-likeness (QED) is 0.657. The Morgan fingerprint density at radius 3 is 2.83 bits per heavy atom. The van der Waals surface area contributed by atoms with Crippen LogP contribution in [0.3, 0.4) is 0 Å². The SMILES string of the molecule is O=C(Nc1ncc(Cc2cccc(F)c2)s1)c1cc(Br)ccc1F. The van der Waals surface area contributed by atoms with Crippen molar-refractivity contribution < 1.29 is 13.6 Å². The number of aromatic nitrogens is 1. The van der Waals surface area contributed by atoms with Crippen LogP contribution in [0.5, 0.6) is 0 Å². The molecule has 3 nitrogen and oxygen atoms in total. The maximum Gasteiger partial charge on any atom is 0.260 e. The molecule has 0 aliphatic heterocycles. The van der Waals surface area contributed by atoms with Gasteiger partial charge in [-0.1, -0.05) is 28.1 Å². The molecule has 2 aromatic carbocycles. The zero-order chi connectivity index (χ0) is 17.1. The van der Waals surface area contributed by atoms with Gasteiger partial charge in [-0.25, -0.2) is 13.8 Å². The Bertz CT molecular complexity index is 898. The highest BCUT2D eigenvalue weighted by Crippen LogP contribution is 2.23. The van der Waals surface area contributed by atoms with E-state index >= 15 is 0 Å². The molecule has 0 radical (unpaired) electrons. The number of nitrogens with zero attached hydrogens (tertiary/aromatic N) is 1. The third kappa shape index (κ3) is 4.04. The molecule has 0 aliphatic carbocycles. The highest BCUT2D eigenvalue weighted by Gasteiger charge is 2.14. The van der Waals surface area contributed by atoms with Crippen LogP contribution in [-0.2, 0) is 6.42 Å². The summed E-state index contributed by atoms with van der Waals surface area (Å²) in [5.41, 5.74) is 0.751. The molecular formula is C17H11BrF2N2OS. The minimum Gasteiger partial charge on any atom is -0.298 e. The summed E-state index contributed by atoms with van der Waals surface area (Å²) in [7, 11) is 0. The summed E-state index contributed by atoms with van der Waals surface area (Å²) in [6.07, 6.45) is 2.12. The fourth-order valence-electron chi connectivity index (χ4n) is 2.13. The number of rotatable bonds is 4. The van der Waals surface area contributed by atoms with E-state index in [9.17, 15) is 13.6 Å². The average molecular weight is 409 g/mol. The van der Waals surface area contributed by atoms with Crippen molar-refractivity contribution in [3.05, 3.63) is 80.8 Å². The first kappa shape index (κ1) is 16.7. The Morgan fingerprint density at radius 1 is 1.21 bits per heavy atom. The lowest BCUT2D eigenvalue weighted by molar-refractivity contribution is 0.102. The molecule has 1 aromatic heterocycles. The number of carbonyl (C=O) groups excluding carboxylic acids is 1. The number of hydrogen-bond acceptors (Lipinski definition) is 3. The molecule has 0 aliphatic rings. The van der Waals surface area contributed by atoms with E-state index in [1.165, 1.54) is 41.7 Å². The van der Waals surface area contributed by atoms with Gasteiger partial charge in [0.15, 0.2) is 5.13 Å². The van der Waals surface area contributed by atoms with Crippen molar-refractivity contribution in [2.45, 2.75) is 6.42 Å². The van der Waals surface area contributed by atoms with E-state index < -0.39 is 11.7 Å². The van der Waals surface area contributed by atoms with E-state index in [4.69, 9.17) is 0 Å². The number of carbonyl (C=O) groups is 1. The van der Waals surface area contributed by atoms with Crippen molar-refractivity contribution in [1.82, 2.24) is 4.98 Å². The normalized spacial score (nSPS) is 10.6. The number of benzene rings is 2. The number of hydrogen-bond donors (Lipinski definition) is 1. The first-order chi connectivity index (χ1) is 11.5. The zero-order valence-electron chi connectivity index (χ0n) is 12.2. The van der Waals surface area contributed by atoms with Gasteiger partial charge in [-0.3, -0.25) is 10.1 Å². The summed E-state index contributed by atoms with van der Waals surface area (Å²) in [5, 5.41) is 2.94. The van der Waals surface area contributed by atoms with Crippen LogP contribution in [-0.4, -0.2) is 10.9 Å². The predicted molar refractivity (Wildman–Crippen MR) is 93.4 cm³/mol. The standard InChI is InChI=1S/C17H11BrF2N2OS/c18-11-4-5-15(20)14(8-11)16(23)22-17-21-9-13(24-17)7-10-2-1-3-12(19)6-10/h1-6,8-9H,7H2,(H,21,22,23). The summed E-state index contributed by atoms with van der Waals surface area (Å²) in [4.78, 5) is 17.1. The summed E-state index contributed by atoms with van der Waals surface area (Å²) in [5.74, 6) is -1.47. The molecular weight excluding hydrogens is 398 g/mol. The Hall–Kier alpha value is -2.12. The van der Waals surface area contributed by atoms with Gasteiger partial charge in [-0.2, -0.15) is 0 Å². The van der Waals surface area contributed by atoms with Crippen LogP contribution < -0.4 is 5.32 Å². The molecule has 0 unspecified atom stereocenters. The molecule has 0 bridgehead atoms. The molecule has 3 rings (SSSR count). The molecule has 0 spiro atoms. The van der Waals surface area contributed by atoms with Crippen LogP contribution in [0.4, 0.5) is 13.9 Å². The smallest absolute Gasteiger partial charge is 0.260 e. The van der Waals surface area contributed by atoms with E-state index in [-0.39, 0.29) is 11.4 Å². The van der Waals surface area contributed by atoms with Crippen molar-refractivity contribution in [3.63, 3.8) is 0 Å². The van der Waals surface area contributed by atoms with Crippen molar-refractivity contribution in [3.8, 4) is 0 Å². The molecule has 0 saturated carbocycles. The highest BCUT2D eigenvalue weighted by molar-refractivity contribution is 9.10. The Kier molecular flexibility index (Phi) is 5.01. The maximum atomic E-state index is 13.7. The molecule has 0 atom stereocenters. The van der Waals surface area contributed by atoms with Crippen LogP contribution in [0.25, 0.3) is 0 Å². The second kappa shape index (κ2) is 7.19. The van der Waals surface area contributed by atoms with Crippen molar-refractivity contribution in [2.75, 3.05) is 5.32 Å². The molecule has 1 amide bonds. The van der Waals surface area contributed by atoms with Gasteiger partial charge in [0.25, 0.3) is 5.91 Å². The van der Waals surface area contributed by atoms with E-state index in [0.29, 0.717) is 16.0 Å². The third-order valence-electron chi connectivity index (χ3n) is 3.21. The Balaban J connectivity index is 1.72. The minimum atomic E-state index is -0.604. The van der Waals surface area contributed by atoms with Gasteiger partial charge in [0.05, 0.1) is 5.56 Å². The van der Waals surface area contributed by atoms with Crippen molar-refractivity contribution in [1.29, 1.82) is 0 Å². The number of amides is 1. The van der Waals surface area contributed by atoms with Crippen LogP contribution in [0.15, 0.2) is 53.1 Å². The number of anilines is 1. The predicted octanol–water partition coefficient (Wildman–Crippen LogP) is 5.03. The largest absolute Gasteiger partial charge is 0.298 e. The van der Waals surface area contributed by atoms with E-state index in [1.807, 2.05) is 6.07 Å². The lowest BCUT2D eigenvalue weighted by atomic mass is 10.1. The Morgan fingerprint density at radius 2 is 2.04 bits per heavy atom. The monoisotopic (exact) mass is 408 g/mol. The van der Waals surface area contributed by atoms with Gasteiger partial charge in [0, 0.05) is 22.0 Å². The summed E-state index contributed by atoms with van der Waals surface area (Å²) < 4.78 is 27.5. The second-order valence-corrected chi connectivity index (χ2v) is 7.05. The van der Waals surface area contributed by atoms with Crippen LogP contribution in [0.1, 0.15) is 20.8 Å². The summed E-state index contributed by atoms with van der Waals surface area (Å²) in [6.45, 7) is 0. The van der Waals surface area contributed by atoms with Gasteiger partial charge in [-0.05, 0) is 35.9 Å². The maximum absolute atomic E-state index is 13.7. The molecule has 3 aromatic rings. The first-order valence-electron chi connectivity index (χ1n) is 6.97. The van der Waals surface area contributed by atoms with Gasteiger partial charge in [-0.15, -0.1) is 11.3 Å². The summed E-state index contributed by atoms with van der Waals surface area (Å²) >= 11 is 4.47. The van der Waals surface area contributed by atoms with E-state index in [1.54, 1.807) is 12.3 Å². The summed E-state index contributed by atoms with van der Waals surface area (Å²) in [6, 6.07) is 10.4. The molecule has 24 heavy (non-hydrogen) atoms. The molecule has 0 fully saturated rings. The van der Waals surface area contributed by atoms with Crippen LogP contribution in [0, 0.1) is 11.6 Å². The van der Waals surface area contributed by atoms with Gasteiger partial charge >= 0.3 is 0 Å². The highest BCUT2D eigenvalue weighted by atomic mass is 79.9. The first-order valence-corrected chi connectivity index (χ1v) is 8.58. The Labute approximate surface area is 149 Å². The number of halogens is 3.